The van der Waals surface area contributed by atoms with Crippen LogP contribution < -0.4 is 4.90 Å². The Bertz CT molecular complexity index is 614. The van der Waals surface area contributed by atoms with Crippen molar-refractivity contribution in [2.45, 2.75) is 69.4 Å². The number of hydrogen-bond donors (Lipinski definition) is 0. The van der Waals surface area contributed by atoms with E-state index >= 15 is 0 Å². The number of ether oxygens (including phenoxy) is 1. The average molecular weight is 342 g/mol. The highest BCUT2D eigenvalue weighted by Gasteiger charge is 2.46. The Labute approximate surface area is 151 Å². The topological polar surface area (TPSA) is 32.8 Å². The summed E-state index contributed by atoms with van der Waals surface area (Å²) < 4.78 is 5.99. The first-order chi connectivity index (χ1) is 12.2. The van der Waals surface area contributed by atoms with Gasteiger partial charge in [0.25, 0.3) is 0 Å². The van der Waals surface area contributed by atoms with Gasteiger partial charge in [0.05, 0.1) is 5.69 Å². The third-order valence-corrected chi connectivity index (χ3v) is 6.51. The van der Waals surface area contributed by atoms with Crippen molar-refractivity contribution in [2.24, 2.45) is 0 Å². The summed E-state index contributed by atoms with van der Waals surface area (Å²) in [5, 5.41) is 0. The maximum atomic E-state index is 12.4. The summed E-state index contributed by atoms with van der Waals surface area (Å²) in [6.07, 6.45) is 11.2. The van der Waals surface area contributed by atoms with Crippen LogP contribution >= 0.6 is 0 Å². The van der Waals surface area contributed by atoms with Crippen LogP contribution in [-0.4, -0.2) is 37.2 Å². The quantitative estimate of drug-likeness (QED) is 0.743. The van der Waals surface area contributed by atoms with Crippen molar-refractivity contribution >= 4 is 11.8 Å². The molecule has 1 amide bonds. The molecular formula is C21H30N2O2. The Morgan fingerprint density at radius 2 is 1.64 bits per heavy atom. The van der Waals surface area contributed by atoms with E-state index < -0.39 is 5.60 Å². The SMILES string of the molecule is CN1C(=O)OC2(CCN(C3CCCCCCC3)CC2)c2ccccc21. The zero-order valence-corrected chi connectivity index (χ0v) is 15.4. The first-order valence-corrected chi connectivity index (χ1v) is 10.00. The summed E-state index contributed by atoms with van der Waals surface area (Å²) in [5.74, 6) is 0. The van der Waals surface area contributed by atoms with E-state index in [4.69, 9.17) is 4.74 Å². The molecule has 1 saturated carbocycles. The number of amides is 1. The minimum Gasteiger partial charge on any atom is -0.437 e. The molecule has 2 heterocycles. The average Bonchev–Trinajstić information content (AvgIpc) is 2.61. The Kier molecular flexibility index (Phi) is 4.72. The predicted molar refractivity (Wildman–Crippen MR) is 99.9 cm³/mol. The second kappa shape index (κ2) is 6.99. The summed E-state index contributed by atoms with van der Waals surface area (Å²) in [6, 6.07) is 8.98. The molecule has 1 spiro atoms. The van der Waals surface area contributed by atoms with Gasteiger partial charge in [-0.25, -0.2) is 4.79 Å². The van der Waals surface area contributed by atoms with Crippen molar-refractivity contribution in [2.75, 3.05) is 25.0 Å². The molecule has 0 radical (unpaired) electrons. The zero-order chi connectivity index (χ0) is 17.3. The number of benzene rings is 1. The molecule has 25 heavy (non-hydrogen) atoms. The first kappa shape index (κ1) is 16.9. The predicted octanol–water partition coefficient (Wildman–Crippen LogP) is 4.68. The minimum atomic E-state index is -0.418. The van der Waals surface area contributed by atoms with Crippen molar-refractivity contribution < 1.29 is 9.53 Å². The second-order valence-electron chi connectivity index (χ2n) is 7.97. The van der Waals surface area contributed by atoms with Crippen molar-refractivity contribution in [1.29, 1.82) is 0 Å². The fraction of sp³-hybridized carbons (Fsp3) is 0.667. The standard InChI is InChI=1S/C21H30N2O2/c1-22-19-12-8-7-11-18(19)21(25-20(22)24)13-15-23(16-14-21)17-9-5-3-2-4-6-10-17/h7-8,11-12,17H,2-6,9-10,13-16H2,1H3. The van der Waals surface area contributed by atoms with E-state index in [0.29, 0.717) is 0 Å². The molecule has 0 unspecified atom stereocenters. The third kappa shape index (κ3) is 3.17. The number of carbonyl (C=O) groups excluding carboxylic acids is 1. The van der Waals surface area contributed by atoms with Gasteiger partial charge in [0, 0.05) is 44.6 Å². The van der Waals surface area contributed by atoms with Gasteiger partial charge in [-0.15, -0.1) is 0 Å². The van der Waals surface area contributed by atoms with E-state index in [1.807, 2.05) is 12.1 Å². The van der Waals surface area contributed by atoms with Crippen LogP contribution in [0.15, 0.2) is 24.3 Å². The van der Waals surface area contributed by atoms with Gasteiger partial charge in [-0.2, -0.15) is 0 Å². The van der Waals surface area contributed by atoms with Crippen molar-refractivity contribution in [3.05, 3.63) is 29.8 Å². The van der Waals surface area contributed by atoms with Crippen LogP contribution in [0.5, 0.6) is 0 Å². The van der Waals surface area contributed by atoms with E-state index in [9.17, 15) is 4.79 Å². The van der Waals surface area contributed by atoms with E-state index in [0.717, 1.165) is 37.7 Å². The lowest BCUT2D eigenvalue weighted by Crippen LogP contribution is -2.52. The molecule has 4 nitrogen and oxygen atoms in total. The molecule has 2 aliphatic heterocycles. The monoisotopic (exact) mass is 342 g/mol. The Hall–Kier alpha value is -1.55. The van der Waals surface area contributed by atoms with Crippen LogP contribution in [0, 0.1) is 0 Å². The number of hydrogen-bond acceptors (Lipinski definition) is 3. The number of carbonyl (C=O) groups is 1. The smallest absolute Gasteiger partial charge is 0.414 e. The summed E-state index contributed by atoms with van der Waals surface area (Å²) in [6.45, 7) is 2.08. The number of piperidine rings is 1. The van der Waals surface area contributed by atoms with Gasteiger partial charge in [-0.3, -0.25) is 4.90 Å². The lowest BCUT2D eigenvalue weighted by Gasteiger charge is -2.47. The molecule has 1 aromatic carbocycles. The molecule has 0 atom stereocenters. The Morgan fingerprint density at radius 3 is 2.36 bits per heavy atom. The molecule has 1 saturated heterocycles. The lowest BCUT2D eigenvalue weighted by molar-refractivity contribution is -0.0508. The maximum Gasteiger partial charge on any atom is 0.414 e. The first-order valence-electron chi connectivity index (χ1n) is 10.00. The molecule has 1 aliphatic carbocycles. The molecule has 3 aliphatic rings. The summed E-state index contributed by atoms with van der Waals surface area (Å²) in [5.41, 5.74) is 1.78. The van der Waals surface area contributed by atoms with Gasteiger partial charge >= 0.3 is 6.09 Å². The van der Waals surface area contributed by atoms with Gasteiger partial charge in [0.15, 0.2) is 0 Å². The number of rotatable bonds is 1. The molecule has 1 aromatic rings. The van der Waals surface area contributed by atoms with Crippen LogP contribution in [0.4, 0.5) is 10.5 Å². The molecular weight excluding hydrogens is 312 g/mol. The van der Waals surface area contributed by atoms with E-state index in [2.05, 4.69) is 17.0 Å². The van der Waals surface area contributed by atoms with Gasteiger partial charge in [-0.1, -0.05) is 50.3 Å². The normalized spacial score (nSPS) is 25.2. The molecule has 0 aromatic heterocycles. The highest BCUT2D eigenvalue weighted by molar-refractivity contribution is 5.91. The third-order valence-electron chi connectivity index (χ3n) is 6.51. The number of anilines is 1. The molecule has 2 fully saturated rings. The van der Waals surface area contributed by atoms with Crippen LogP contribution in [-0.2, 0) is 10.3 Å². The number of fused-ring (bicyclic) bond motifs is 2. The number of nitrogens with zero attached hydrogens (tertiary/aromatic N) is 2. The van der Waals surface area contributed by atoms with Crippen LogP contribution in [0.2, 0.25) is 0 Å². The number of likely N-dealkylation sites (tertiary alicyclic amines) is 1. The van der Waals surface area contributed by atoms with Crippen LogP contribution in [0.1, 0.15) is 63.4 Å². The summed E-state index contributed by atoms with van der Waals surface area (Å²) in [4.78, 5) is 16.7. The van der Waals surface area contributed by atoms with Gasteiger partial charge in [0.1, 0.15) is 5.60 Å². The van der Waals surface area contributed by atoms with Crippen molar-refractivity contribution in [1.82, 2.24) is 4.90 Å². The molecule has 4 rings (SSSR count). The van der Waals surface area contributed by atoms with E-state index in [1.165, 1.54) is 50.5 Å². The highest BCUT2D eigenvalue weighted by atomic mass is 16.6. The van der Waals surface area contributed by atoms with Crippen molar-refractivity contribution in [3.63, 3.8) is 0 Å². The van der Waals surface area contributed by atoms with Crippen LogP contribution in [0.3, 0.4) is 0 Å². The maximum absolute atomic E-state index is 12.4. The summed E-state index contributed by atoms with van der Waals surface area (Å²) in [7, 11) is 1.80. The fourth-order valence-electron chi connectivity index (χ4n) is 4.96. The highest BCUT2D eigenvalue weighted by Crippen LogP contribution is 2.45. The van der Waals surface area contributed by atoms with Gasteiger partial charge in [0.2, 0.25) is 0 Å². The minimum absolute atomic E-state index is 0.210. The van der Waals surface area contributed by atoms with Crippen LogP contribution in [0.25, 0.3) is 0 Å². The lowest BCUT2D eigenvalue weighted by atomic mass is 9.81. The van der Waals surface area contributed by atoms with Crippen molar-refractivity contribution in [3.8, 4) is 0 Å². The zero-order valence-electron chi connectivity index (χ0n) is 15.4. The molecule has 4 heteroatoms. The summed E-state index contributed by atoms with van der Waals surface area (Å²) >= 11 is 0. The molecule has 136 valence electrons. The number of para-hydroxylation sites is 1. The van der Waals surface area contributed by atoms with E-state index in [1.54, 1.807) is 11.9 Å². The fourth-order valence-corrected chi connectivity index (χ4v) is 4.96. The van der Waals surface area contributed by atoms with Gasteiger partial charge < -0.3 is 9.64 Å². The molecule has 0 bridgehead atoms. The second-order valence-corrected chi connectivity index (χ2v) is 7.97. The Morgan fingerprint density at radius 1 is 1.00 bits per heavy atom. The molecule has 0 N–H and O–H groups in total. The largest absolute Gasteiger partial charge is 0.437 e. The van der Waals surface area contributed by atoms with Gasteiger partial charge in [-0.05, 0) is 18.9 Å². The Balaban J connectivity index is 1.50. The van der Waals surface area contributed by atoms with E-state index in [-0.39, 0.29) is 6.09 Å².